The molecule has 0 heterocycles. The molecule has 0 amide bonds. The summed E-state index contributed by atoms with van der Waals surface area (Å²) in [6.07, 6.45) is 0. The van der Waals surface area contributed by atoms with Gasteiger partial charge in [-0.3, -0.25) is 0 Å². The molecule has 0 unspecified atom stereocenters. The summed E-state index contributed by atoms with van der Waals surface area (Å²) in [5.41, 5.74) is 0. The van der Waals surface area contributed by atoms with Crippen LogP contribution in [0.25, 0.3) is 0 Å². The fourth-order valence-electron chi connectivity index (χ4n) is 0.612. The molecule has 0 saturated carbocycles. The average Bonchev–Trinajstić information content (AvgIpc) is 1.88. The maximum absolute atomic E-state index is 9.99. The van der Waals surface area contributed by atoms with Gasteiger partial charge in [0.25, 0.3) is 0 Å². The quantitative estimate of drug-likeness (QED) is 0.635. The van der Waals surface area contributed by atoms with Crippen LogP contribution in [0.1, 0.15) is 0 Å². The van der Waals surface area contributed by atoms with E-state index in [2.05, 4.69) is 3.79 Å². The number of phenolic OH excluding ortho intramolecular Hbond substituents is 1. The third-order valence-corrected chi connectivity index (χ3v) is 1.37. The van der Waals surface area contributed by atoms with Crippen LogP contribution in [0.15, 0.2) is 24.3 Å². The molecule has 1 N–H and O–H groups in total. The molecule has 50 valence electrons. The molecule has 3 nitrogen and oxygen atoms in total. The van der Waals surface area contributed by atoms with Crippen molar-refractivity contribution in [2.24, 2.45) is 0 Å². The van der Waals surface area contributed by atoms with Crippen LogP contribution in [0.4, 0.5) is 0 Å². The second-order valence-corrected chi connectivity index (χ2v) is 2.14. The van der Waals surface area contributed by atoms with E-state index in [-0.39, 0.29) is 5.75 Å². The SMILES string of the molecule is [O]=[Al][O]c1cccc(O)c1. The number of hydrogen-bond acceptors (Lipinski definition) is 3. The van der Waals surface area contributed by atoms with Gasteiger partial charge in [0.2, 0.25) is 0 Å². The number of phenols is 1. The molecule has 0 fully saturated rings. The average molecular weight is 152 g/mol. The molecule has 0 saturated heterocycles. The minimum atomic E-state index is -1.25. The van der Waals surface area contributed by atoms with E-state index in [1.54, 1.807) is 12.1 Å². The first-order chi connectivity index (χ1) is 4.83. The molecule has 10 heavy (non-hydrogen) atoms. The molecule has 0 spiro atoms. The van der Waals surface area contributed by atoms with Crippen molar-refractivity contribution in [1.29, 1.82) is 0 Å². The Morgan fingerprint density at radius 2 is 2.30 bits per heavy atom. The Morgan fingerprint density at radius 3 is 2.90 bits per heavy atom. The second-order valence-electron chi connectivity index (χ2n) is 1.71. The Hall–Kier alpha value is -0.848. The summed E-state index contributed by atoms with van der Waals surface area (Å²) in [6, 6.07) is 6.18. The summed E-state index contributed by atoms with van der Waals surface area (Å²) in [5.74, 6) is 0.551. The predicted molar refractivity (Wildman–Crippen MR) is 35.2 cm³/mol. The predicted octanol–water partition coefficient (Wildman–Crippen LogP) is 0.736. The first-order valence-electron chi connectivity index (χ1n) is 2.72. The van der Waals surface area contributed by atoms with Gasteiger partial charge < -0.3 is 0 Å². The fourth-order valence-corrected chi connectivity index (χ4v) is 0.870. The van der Waals surface area contributed by atoms with Crippen LogP contribution in [0.5, 0.6) is 11.5 Å². The Balaban J connectivity index is 2.84. The molecule has 1 aromatic rings. The van der Waals surface area contributed by atoms with E-state index < -0.39 is 15.5 Å². The Labute approximate surface area is 64.5 Å². The maximum atomic E-state index is 9.99. The minimum absolute atomic E-state index is 0.116. The van der Waals surface area contributed by atoms with Crippen molar-refractivity contribution in [3.8, 4) is 11.5 Å². The van der Waals surface area contributed by atoms with Crippen molar-refractivity contribution in [3.63, 3.8) is 0 Å². The van der Waals surface area contributed by atoms with Crippen LogP contribution in [-0.2, 0) is 3.80 Å². The Morgan fingerprint density at radius 1 is 1.50 bits per heavy atom. The third kappa shape index (κ3) is 1.83. The van der Waals surface area contributed by atoms with Crippen molar-refractivity contribution in [1.82, 2.24) is 0 Å². The summed E-state index contributed by atoms with van der Waals surface area (Å²) in [5, 5.41) is 8.87. The number of rotatable bonds is 2. The molecule has 0 aliphatic rings. The number of benzene rings is 1. The molecule has 0 aliphatic carbocycles. The van der Waals surface area contributed by atoms with Crippen molar-refractivity contribution in [2.75, 3.05) is 0 Å². The van der Waals surface area contributed by atoms with Crippen molar-refractivity contribution in [3.05, 3.63) is 24.3 Å². The summed E-state index contributed by atoms with van der Waals surface area (Å²) in [4.78, 5) is 0. The van der Waals surface area contributed by atoms with Crippen molar-refractivity contribution >= 4 is 15.5 Å². The zero-order valence-electron chi connectivity index (χ0n) is 5.15. The summed E-state index contributed by atoms with van der Waals surface area (Å²) < 4.78 is 14.6. The van der Waals surface area contributed by atoms with Gasteiger partial charge in [0.1, 0.15) is 0 Å². The standard InChI is InChI=1S/C6H6O2.Al.O/c7-5-2-1-3-6(8)4-5;;/h1-4,7-8H;;/q;+1;/p-1. The van der Waals surface area contributed by atoms with Gasteiger partial charge in [-0.15, -0.1) is 0 Å². The van der Waals surface area contributed by atoms with Crippen LogP contribution in [0, 0.1) is 0 Å². The fraction of sp³-hybridized carbons (Fsp3) is 0. The summed E-state index contributed by atoms with van der Waals surface area (Å²) in [6.45, 7) is 0. The van der Waals surface area contributed by atoms with Crippen LogP contribution >= 0.6 is 0 Å². The second kappa shape index (κ2) is 3.35. The summed E-state index contributed by atoms with van der Waals surface area (Å²) >= 11 is -1.25. The topological polar surface area (TPSA) is 46.5 Å². The van der Waals surface area contributed by atoms with E-state index >= 15 is 0 Å². The van der Waals surface area contributed by atoms with E-state index in [9.17, 15) is 3.80 Å². The molecule has 0 aromatic heterocycles. The third-order valence-electron chi connectivity index (χ3n) is 1.00. The molecule has 0 atom stereocenters. The van der Waals surface area contributed by atoms with Gasteiger partial charge in [0.15, 0.2) is 0 Å². The van der Waals surface area contributed by atoms with Gasteiger partial charge in [0, 0.05) is 0 Å². The molecule has 1 rings (SSSR count). The van der Waals surface area contributed by atoms with Crippen LogP contribution in [-0.4, -0.2) is 20.6 Å². The van der Waals surface area contributed by atoms with Crippen molar-refractivity contribution in [2.45, 2.75) is 0 Å². The van der Waals surface area contributed by atoms with Crippen LogP contribution in [0.3, 0.4) is 0 Å². The van der Waals surface area contributed by atoms with Crippen LogP contribution in [0.2, 0.25) is 0 Å². The van der Waals surface area contributed by atoms with E-state index in [4.69, 9.17) is 5.11 Å². The number of aromatic hydroxyl groups is 1. The molecule has 0 bridgehead atoms. The first kappa shape index (κ1) is 7.26. The van der Waals surface area contributed by atoms with Gasteiger partial charge >= 0.3 is 64.0 Å². The normalized spacial score (nSPS) is 8.40. The van der Waals surface area contributed by atoms with Crippen LogP contribution < -0.4 is 3.79 Å². The Bertz CT molecular complexity index is 236. The molecular formula is C6H5AlO3. The molecular weight excluding hydrogens is 147 g/mol. The summed E-state index contributed by atoms with van der Waals surface area (Å²) in [7, 11) is 0. The van der Waals surface area contributed by atoms with Gasteiger partial charge in [-0.1, -0.05) is 0 Å². The number of hydrogen-bond donors (Lipinski definition) is 1. The zero-order valence-corrected chi connectivity index (χ0v) is 6.31. The van der Waals surface area contributed by atoms with E-state index in [0.29, 0.717) is 5.75 Å². The van der Waals surface area contributed by atoms with Gasteiger partial charge in [-0.25, -0.2) is 0 Å². The van der Waals surface area contributed by atoms with E-state index in [1.165, 1.54) is 12.1 Å². The first-order valence-corrected chi connectivity index (χ1v) is 3.66. The van der Waals surface area contributed by atoms with E-state index in [1.807, 2.05) is 0 Å². The molecule has 0 aliphatic heterocycles. The van der Waals surface area contributed by atoms with Gasteiger partial charge in [0.05, 0.1) is 0 Å². The van der Waals surface area contributed by atoms with E-state index in [0.717, 1.165) is 0 Å². The zero-order chi connectivity index (χ0) is 7.40. The molecule has 4 heteroatoms. The van der Waals surface area contributed by atoms with Gasteiger partial charge in [-0.2, -0.15) is 0 Å². The Kier molecular flexibility index (Phi) is 2.43. The molecule has 1 aromatic carbocycles. The van der Waals surface area contributed by atoms with Gasteiger partial charge in [-0.05, 0) is 0 Å². The molecule has 0 radical (unpaired) electrons. The monoisotopic (exact) mass is 152 g/mol. The van der Waals surface area contributed by atoms with Crippen molar-refractivity contribution < 1.29 is 12.7 Å².